The number of nitrogens with one attached hydrogen (secondary N) is 1. The van der Waals surface area contributed by atoms with Crippen molar-refractivity contribution in [3.8, 4) is 16.9 Å². The molecule has 0 radical (unpaired) electrons. The third-order valence-electron chi connectivity index (χ3n) is 5.74. The molecular weight excluding hydrogens is 438 g/mol. The number of halogens is 2. The number of benzene rings is 3. The van der Waals surface area contributed by atoms with Crippen molar-refractivity contribution in [2.45, 2.75) is 6.42 Å². The SMILES string of the molecule is C[N+](C)(C)c1cccc(-c2cc(F)cc(OCCO)c2CC(=O)c2c[nH]c3cc(F)ccc23)c1. The van der Waals surface area contributed by atoms with E-state index in [0.717, 1.165) is 11.3 Å². The molecule has 0 spiro atoms. The van der Waals surface area contributed by atoms with Gasteiger partial charge in [0.05, 0.1) is 27.7 Å². The summed E-state index contributed by atoms with van der Waals surface area (Å²) in [6.07, 6.45) is 1.50. The zero-order valence-electron chi connectivity index (χ0n) is 19.4. The molecule has 7 heteroatoms. The lowest BCUT2D eigenvalue weighted by atomic mass is 9.93. The molecule has 176 valence electrons. The van der Waals surface area contributed by atoms with Crippen LogP contribution < -0.4 is 9.22 Å². The molecule has 34 heavy (non-hydrogen) atoms. The molecule has 4 rings (SSSR count). The van der Waals surface area contributed by atoms with Gasteiger partial charge in [-0.1, -0.05) is 12.1 Å². The first kappa shape index (κ1) is 23.6. The number of quaternary nitrogens is 1. The number of aliphatic hydroxyl groups excluding tert-OH is 1. The number of hydrogen-bond acceptors (Lipinski definition) is 3. The Morgan fingerprint density at radius 2 is 1.82 bits per heavy atom. The maximum atomic E-state index is 14.6. The predicted molar refractivity (Wildman–Crippen MR) is 130 cm³/mol. The smallest absolute Gasteiger partial charge is 0.169 e. The summed E-state index contributed by atoms with van der Waals surface area (Å²) in [5.74, 6) is -0.912. The molecular formula is C27H27F2N2O3+. The van der Waals surface area contributed by atoms with Crippen molar-refractivity contribution < 1.29 is 23.4 Å². The van der Waals surface area contributed by atoms with Gasteiger partial charge in [0, 0.05) is 46.8 Å². The summed E-state index contributed by atoms with van der Waals surface area (Å²) in [7, 11) is 6.10. The molecule has 2 N–H and O–H groups in total. The Morgan fingerprint density at radius 1 is 1.03 bits per heavy atom. The quantitative estimate of drug-likeness (QED) is 0.281. The molecule has 0 aliphatic carbocycles. The van der Waals surface area contributed by atoms with Crippen LogP contribution in [0.2, 0.25) is 0 Å². The normalized spacial score (nSPS) is 11.7. The average Bonchev–Trinajstić information content (AvgIpc) is 3.21. The lowest BCUT2D eigenvalue weighted by Gasteiger charge is -2.24. The second-order valence-corrected chi connectivity index (χ2v) is 9.06. The van der Waals surface area contributed by atoms with Crippen LogP contribution in [0.4, 0.5) is 14.5 Å². The molecule has 1 aromatic heterocycles. The van der Waals surface area contributed by atoms with E-state index >= 15 is 0 Å². The van der Waals surface area contributed by atoms with E-state index in [1.807, 2.05) is 45.4 Å². The van der Waals surface area contributed by atoms with E-state index in [0.29, 0.717) is 32.1 Å². The molecule has 0 unspecified atom stereocenters. The van der Waals surface area contributed by atoms with Gasteiger partial charge in [0.15, 0.2) is 5.78 Å². The van der Waals surface area contributed by atoms with Gasteiger partial charge in [0.1, 0.15) is 29.7 Å². The largest absolute Gasteiger partial charge is 0.491 e. The summed E-state index contributed by atoms with van der Waals surface area (Å²) < 4.78 is 34.4. The monoisotopic (exact) mass is 465 g/mol. The highest BCUT2D eigenvalue weighted by Crippen LogP contribution is 2.36. The highest BCUT2D eigenvalue weighted by atomic mass is 19.1. The van der Waals surface area contributed by atoms with Crippen LogP contribution in [0.5, 0.6) is 5.75 Å². The number of ketones is 1. The van der Waals surface area contributed by atoms with Crippen molar-refractivity contribution in [1.29, 1.82) is 0 Å². The lowest BCUT2D eigenvalue weighted by Crippen LogP contribution is -2.34. The van der Waals surface area contributed by atoms with E-state index in [1.165, 1.54) is 24.3 Å². The molecule has 0 amide bonds. The van der Waals surface area contributed by atoms with Gasteiger partial charge in [0.25, 0.3) is 0 Å². The van der Waals surface area contributed by atoms with Crippen molar-refractivity contribution >= 4 is 22.4 Å². The molecule has 0 bridgehead atoms. The number of rotatable bonds is 8. The predicted octanol–water partition coefficient (Wildman–Crippen LogP) is 5.11. The zero-order chi connectivity index (χ0) is 24.5. The molecule has 4 aromatic rings. The van der Waals surface area contributed by atoms with Gasteiger partial charge >= 0.3 is 0 Å². The first-order valence-corrected chi connectivity index (χ1v) is 11.0. The summed E-state index contributed by atoms with van der Waals surface area (Å²) in [5.41, 5.74) is 3.77. The molecule has 0 aliphatic rings. The lowest BCUT2D eigenvalue weighted by molar-refractivity contribution is 0.0993. The molecule has 5 nitrogen and oxygen atoms in total. The maximum absolute atomic E-state index is 14.6. The van der Waals surface area contributed by atoms with E-state index in [1.54, 1.807) is 12.3 Å². The third-order valence-corrected chi connectivity index (χ3v) is 5.74. The van der Waals surface area contributed by atoms with Crippen LogP contribution in [0, 0.1) is 11.6 Å². The summed E-state index contributed by atoms with van der Waals surface area (Å²) in [6, 6.07) is 14.6. The minimum atomic E-state index is -0.502. The van der Waals surface area contributed by atoms with E-state index in [4.69, 9.17) is 4.74 Å². The Labute approximate surface area is 196 Å². The molecule has 1 heterocycles. The van der Waals surface area contributed by atoms with Crippen LogP contribution >= 0.6 is 0 Å². The van der Waals surface area contributed by atoms with Gasteiger partial charge in [-0.05, 0) is 41.5 Å². The number of carbonyl (C=O) groups excluding carboxylic acids is 1. The van der Waals surface area contributed by atoms with Crippen molar-refractivity contribution in [3.05, 3.63) is 83.6 Å². The number of fused-ring (bicyclic) bond motifs is 1. The maximum Gasteiger partial charge on any atom is 0.169 e. The van der Waals surface area contributed by atoms with Gasteiger partial charge in [-0.15, -0.1) is 0 Å². The Bertz CT molecular complexity index is 1360. The van der Waals surface area contributed by atoms with Gasteiger partial charge < -0.3 is 14.8 Å². The standard InChI is InChI=1S/C27H26F2N2O3/c1-31(2,3)20-6-4-5-17(11-20)22-12-19(29)14-27(34-10-9-32)23(22)15-26(33)24-16-30-25-13-18(28)7-8-21(24)25/h4-8,11-14,16,32H,9-10,15H2,1-3H3/p+1. The fraction of sp³-hybridized carbons (Fsp3) is 0.222. The van der Waals surface area contributed by atoms with Crippen LogP contribution in [0.3, 0.4) is 0 Å². The average molecular weight is 466 g/mol. The molecule has 0 atom stereocenters. The highest BCUT2D eigenvalue weighted by Gasteiger charge is 2.22. The van der Waals surface area contributed by atoms with Crippen LogP contribution in [0.15, 0.2) is 60.8 Å². The Balaban J connectivity index is 1.82. The Hall–Kier alpha value is -3.55. The van der Waals surface area contributed by atoms with Crippen LogP contribution in [-0.2, 0) is 6.42 Å². The van der Waals surface area contributed by atoms with Crippen LogP contribution in [0.1, 0.15) is 15.9 Å². The second kappa shape index (κ2) is 9.37. The number of nitrogens with zero attached hydrogens (tertiary/aromatic N) is 1. The number of carbonyl (C=O) groups is 1. The van der Waals surface area contributed by atoms with E-state index in [-0.39, 0.29) is 31.2 Å². The van der Waals surface area contributed by atoms with E-state index in [2.05, 4.69) is 4.98 Å². The van der Waals surface area contributed by atoms with Gasteiger partial charge in [-0.2, -0.15) is 0 Å². The van der Waals surface area contributed by atoms with Gasteiger partial charge in [-0.3, -0.25) is 9.28 Å². The second-order valence-electron chi connectivity index (χ2n) is 9.06. The summed E-state index contributed by atoms with van der Waals surface area (Å²) in [4.78, 5) is 16.3. The molecule has 3 aromatic carbocycles. The van der Waals surface area contributed by atoms with Gasteiger partial charge in [-0.25, -0.2) is 8.78 Å². The summed E-state index contributed by atoms with van der Waals surface area (Å²) in [6.45, 7) is -0.278. The topological polar surface area (TPSA) is 62.3 Å². The summed E-state index contributed by atoms with van der Waals surface area (Å²) >= 11 is 0. The van der Waals surface area contributed by atoms with Crippen molar-refractivity contribution in [2.75, 3.05) is 34.4 Å². The van der Waals surface area contributed by atoms with E-state index in [9.17, 15) is 18.7 Å². The number of Topliss-reactive ketones (excluding diaryl/α,β-unsaturated/α-hetero) is 1. The number of aliphatic hydroxyl groups is 1. The molecule has 0 fully saturated rings. The fourth-order valence-electron chi connectivity index (χ4n) is 4.01. The minimum absolute atomic E-state index is 0.0324. The zero-order valence-corrected chi connectivity index (χ0v) is 19.4. The molecule has 0 aliphatic heterocycles. The number of H-pyrrole nitrogens is 1. The minimum Gasteiger partial charge on any atom is -0.491 e. The molecule has 0 saturated heterocycles. The number of aromatic amines is 1. The first-order chi connectivity index (χ1) is 16.2. The van der Waals surface area contributed by atoms with Crippen molar-refractivity contribution in [1.82, 2.24) is 9.47 Å². The fourth-order valence-corrected chi connectivity index (χ4v) is 4.01. The highest BCUT2D eigenvalue weighted by molar-refractivity contribution is 6.09. The van der Waals surface area contributed by atoms with Crippen LogP contribution in [-0.4, -0.2) is 50.2 Å². The van der Waals surface area contributed by atoms with Crippen molar-refractivity contribution in [2.24, 2.45) is 0 Å². The van der Waals surface area contributed by atoms with Crippen LogP contribution in [0.25, 0.3) is 22.0 Å². The van der Waals surface area contributed by atoms with Gasteiger partial charge in [0.2, 0.25) is 0 Å². The van der Waals surface area contributed by atoms with E-state index < -0.39 is 11.6 Å². The Morgan fingerprint density at radius 3 is 2.56 bits per heavy atom. The number of aromatic nitrogens is 1. The Kier molecular flexibility index (Phi) is 6.50. The van der Waals surface area contributed by atoms with Crippen molar-refractivity contribution in [3.63, 3.8) is 0 Å². The number of ether oxygens (including phenoxy) is 1. The number of hydrogen-bond donors (Lipinski definition) is 2. The molecule has 0 saturated carbocycles. The third kappa shape index (κ3) is 4.85. The summed E-state index contributed by atoms with van der Waals surface area (Å²) in [5, 5.41) is 9.86. The first-order valence-electron chi connectivity index (χ1n) is 11.0.